The van der Waals surface area contributed by atoms with Gasteiger partial charge in [0.25, 0.3) is 0 Å². The molecule has 0 saturated carbocycles. The predicted octanol–water partition coefficient (Wildman–Crippen LogP) is 3.47. The van der Waals surface area contributed by atoms with Gasteiger partial charge in [0, 0.05) is 10.4 Å². The average molecular weight is 221 g/mol. The Morgan fingerprint density at radius 3 is 2.67 bits per heavy atom. The summed E-state index contributed by atoms with van der Waals surface area (Å²) < 4.78 is 0. The number of ketones is 1. The Labute approximate surface area is 94.5 Å². The minimum Gasteiger partial charge on any atom is -0.294 e. The van der Waals surface area contributed by atoms with E-state index in [2.05, 4.69) is 13.0 Å². The van der Waals surface area contributed by atoms with Crippen LogP contribution in [0, 0.1) is 18.3 Å². The van der Waals surface area contributed by atoms with Gasteiger partial charge in [-0.2, -0.15) is 5.26 Å². The van der Waals surface area contributed by atoms with Crippen LogP contribution < -0.4 is 0 Å². The quantitative estimate of drug-likeness (QED) is 0.730. The maximum atomic E-state index is 11.5. The first-order chi connectivity index (χ1) is 7.11. The Morgan fingerprint density at radius 1 is 1.53 bits per heavy atom. The van der Waals surface area contributed by atoms with Crippen LogP contribution in [0.4, 0.5) is 0 Å². The lowest BCUT2D eigenvalue weighted by atomic mass is 10.0. The molecule has 0 bridgehead atoms. The van der Waals surface area contributed by atoms with Crippen molar-refractivity contribution in [2.75, 3.05) is 0 Å². The second-order valence-electron chi connectivity index (χ2n) is 3.63. The van der Waals surface area contributed by atoms with Gasteiger partial charge in [0.15, 0.2) is 5.78 Å². The predicted molar refractivity (Wildman–Crippen MR) is 62.4 cm³/mol. The fraction of sp³-hybridized carbons (Fsp3) is 0.500. The molecule has 0 N–H and O–H groups in total. The van der Waals surface area contributed by atoms with Crippen molar-refractivity contribution in [1.29, 1.82) is 5.26 Å². The van der Waals surface area contributed by atoms with Crippen LogP contribution in [0.25, 0.3) is 0 Å². The number of hydrogen-bond acceptors (Lipinski definition) is 3. The van der Waals surface area contributed by atoms with Crippen molar-refractivity contribution in [3.63, 3.8) is 0 Å². The van der Waals surface area contributed by atoms with E-state index in [1.165, 1.54) is 11.3 Å². The Bertz CT molecular complexity index is 412. The standard InChI is InChI=1S/C12H15NOS/c1-4-5-6-10-12(9(3)14)8(2)11(7-13)15-10/h4-6H2,1-3H3. The largest absolute Gasteiger partial charge is 0.294 e. The van der Waals surface area contributed by atoms with E-state index in [4.69, 9.17) is 5.26 Å². The third kappa shape index (κ3) is 2.45. The molecule has 0 aliphatic carbocycles. The molecule has 15 heavy (non-hydrogen) atoms. The number of aryl methyl sites for hydroxylation is 1. The highest BCUT2D eigenvalue weighted by Crippen LogP contribution is 2.29. The van der Waals surface area contributed by atoms with E-state index in [0.717, 1.165) is 35.3 Å². The van der Waals surface area contributed by atoms with Gasteiger partial charge in [0.05, 0.1) is 0 Å². The molecule has 0 unspecified atom stereocenters. The summed E-state index contributed by atoms with van der Waals surface area (Å²) >= 11 is 1.47. The fourth-order valence-corrected chi connectivity index (χ4v) is 2.85. The number of carbonyl (C=O) groups is 1. The molecular formula is C12H15NOS. The number of nitrogens with zero attached hydrogens (tertiary/aromatic N) is 1. The molecule has 0 aliphatic rings. The zero-order valence-electron chi connectivity index (χ0n) is 9.39. The second kappa shape index (κ2) is 5.09. The fourth-order valence-electron chi connectivity index (χ4n) is 1.65. The van der Waals surface area contributed by atoms with Gasteiger partial charge in [0.1, 0.15) is 10.9 Å². The maximum Gasteiger partial charge on any atom is 0.161 e. The Kier molecular flexibility index (Phi) is 4.05. The van der Waals surface area contributed by atoms with E-state index in [1.807, 2.05) is 6.92 Å². The molecule has 0 atom stereocenters. The average Bonchev–Trinajstić information content (AvgIpc) is 2.51. The lowest BCUT2D eigenvalue weighted by Gasteiger charge is -1.99. The number of carbonyl (C=O) groups excluding carboxylic acids is 1. The molecule has 80 valence electrons. The normalized spacial score (nSPS) is 10.0. The number of Topliss-reactive ketones (excluding diaryl/α,β-unsaturated/α-hetero) is 1. The van der Waals surface area contributed by atoms with E-state index >= 15 is 0 Å². The number of nitriles is 1. The highest BCUT2D eigenvalue weighted by Gasteiger charge is 2.17. The van der Waals surface area contributed by atoms with Gasteiger partial charge in [-0.1, -0.05) is 13.3 Å². The smallest absolute Gasteiger partial charge is 0.161 e. The molecule has 0 spiro atoms. The van der Waals surface area contributed by atoms with Gasteiger partial charge in [-0.3, -0.25) is 4.79 Å². The molecule has 0 aliphatic heterocycles. The molecule has 0 fully saturated rings. The first kappa shape index (κ1) is 11.9. The number of rotatable bonds is 4. The SMILES string of the molecule is CCCCc1sc(C#N)c(C)c1C(C)=O. The highest BCUT2D eigenvalue weighted by atomic mass is 32.1. The van der Waals surface area contributed by atoms with E-state index in [-0.39, 0.29) is 5.78 Å². The first-order valence-corrected chi connectivity index (χ1v) is 5.96. The lowest BCUT2D eigenvalue weighted by molar-refractivity contribution is 0.101. The van der Waals surface area contributed by atoms with Crippen LogP contribution in [-0.4, -0.2) is 5.78 Å². The first-order valence-electron chi connectivity index (χ1n) is 5.15. The van der Waals surface area contributed by atoms with Gasteiger partial charge < -0.3 is 0 Å². The van der Waals surface area contributed by atoms with Crippen LogP contribution in [0.1, 0.15) is 52.4 Å². The third-order valence-corrected chi connectivity index (χ3v) is 3.69. The van der Waals surface area contributed by atoms with Gasteiger partial charge in [-0.25, -0.2) is 0 Å². The molecule has 1 rings (SSSR count). The van der Waals surface area contributed by atoms with Crippen LogP contribution in [0.5, 0.6) is 0 Å². The van der Waals surface area contributed by atoms with Crippen molar-refractivity contribution < 1.29 is 4.79 Å². The summed E-state index contributed by atoms with van der Waals surface area (Å²) in [7, 11) is 0. The molecule has 2 nitrogen and oxygen atoms in total. The van der Waals surface area contributed by atoms with Crippen LogP contribution in [0.2, 0.25) is 0 Å². The molecule has 0 aromatic carbocycles. The van der Waals surface area contributed by atoms with Crippen molar-refractivity contribution in [3.8, 4) is 6.07 Å². The molecule has 1 aromatic heterocycles. The molecule has 3 heteroatoms. The Morgan fingerprint density at radius 2 is 2.20 bits per heavy atom. The minimum absolute atomic E-state index is 0.0800. The molecule has 0 amide bonds. The zero-order valence-corrected chi connectivity index (χ0v) is 10.2. The van der Waals surface area contributed by atoms with Crippen molar-refractivity contribution in [1.82, 2.24) is 0 Å². The van der Waals surface area contributed by atoms with Crippen LogP contribution in [-0.2, 0) is 6.42 Å². The number of hydrogen-bond donors (Lipinski definition) is 0. The molecule has 0 radical (unpaired) electrons. The van der Waals surface area contributed by atoms with Crippen molar-refractivity contribution in [2.24, 2.45) is 0 Å². The summed E-state index contributed by atoms with van der Waals surface area (Å²) in [6.07, 6.45) is 3.10. The van der Waals surface area contributed by atoms with E-state index in [1.54, 1.807) is 6.92 Å². The van der Waals surface area contributed by atoms with Crippen molar-refractivity contribution in [2.45, 2.75) is 40.0 Å². The highest BCUT2D eigenvalue weighted by molar-refractivity contribution is 7.13. The van der Waals surface area contributed by atoms with Gasteiger partial charge in [-0.05, 0) is 32.3 Å². The monoisotopic (exact) mass is 221 g/mol. The topological polar surface area (TPSA) is 40.9 Å². The summed E-state index contributed by atoms with van der Waals surface area (Å²) in [6, 6.07) is 2.15. The van der Waals surface area contributed by atoms with E-state index < -0.39 is 0 Å². The number of thiophene rings is 1. The minimum atomic E-state index is 0.0800. The van der Waals surface area contributed by atoms with Crippen molar-refractivity contribution in [3.05, 3.63) is 20.9 Å². The molecule has 0 saturated heterocycles. The van der Waals surface area contributed by atoms with Crippen LogP contribution in [0.3, 0.4) is 0 Å². The summed E-state index contributed by atoms with van der Waals surface area (Å²) in [4.78, 5) is 13.2. The Hall–Kier alpha value is -1.14. The summed E-state index contributed by atoms with van der Waals surface area (Å²) in [6.45, 7) is 5.56. The second-order valence-corrected chi connectivity index (χ2v) is 4.73. The van der Waals surface area contributed by atoms with Gasteiger partial charge >= 0.3 is 0 Å². The van der Waals surface area contributed by atoms with Gasteiger partial charge in [-0.15, -0.1) is 11.3 Å². The molecule has 1 heterocycles. The zero-order chi connectivity index (χ0) is 11.4. The third-order valence-electron chi connectivity index (χ3n) is 2.43. The summed E-state index contributed by atoms with van der Waals surface area (Å²) in [5.74, 6) is 0.0800. The van der Waals surface area contributed by atoms with Gasteiger partial charge in [0.2, 0.25) is 0 Å². The lowest BCUT2D eigenvalue weighted by Crippen LogP contribution is -1.97. The Balaban J connectivity index is 3.14. The maximum absolute atomic E-state index is 11.5. The number of unbranched alkanes of at least 4 members (excludes halogenated alkanes) is 1. The van der Waals surface area contributed by atoms with Crippen LogP contribution >= 0.6 is 11.3 Å². The van der Waals surface area contributed by atoms with Crippen molar-refractivity contribution >= 4 is 17.1 Å². The van der Waals surface area contributed by atoms with E-state index in [0.29, 0.717) is 4.88 Å². The van der Waals surface area contributed by atoms with E-state index in [9.17, 15) is 4.79 Å². The summed E-state index contributed by atoms with van der Waals surface area (Å²) in [5.41, 5.74) is 1.64. The molecular weight excluding hydrogens is 206 g/mol. The summed E-state index contributed by atoms with van der Waals surface area (Å²) in [5, 5.41) is 8.91. The molecule has 1 aromatic rings. The van der Waals surface area contributed by atoms with Crippen LogP contribution in [0.15, 0.2) is 0 Å².